The van der Waals surface area contributed by atoms with Crippen molar-refractivity contribution in [1.29, 1.82) is 0 Å². The van der Waals surface area contributed by atoms with E-state index in [0.717, 1.165) is 11.3 Å². The van der Waals surface area contributed by atoms with Crippen LogP contribution in [-0.4, -0.2) is 25.9 Å². The van der Waals surface area contributed by atoms with Gasteiger partial charge in [0.25, 0.3) is 0 Å². The lowest BCUT2D eigenvalue weighted by Gasteiger charge is -2.18. The molecule has 0 aliphatic carbocycles. The summed E-state index contributed by atoms with van der Waals surface area (Å²) in [5.41, 5.74) is 1.03. The molecule has 2 saturated heterocycles. The van der Waals surface area contributed by atoms with Gasteiger partial charge in [-0.25, -0.2) is 9.78 Å². The first-order chi connectivity index (χ1) is 7.38. The van der Waals surface area contributed by atoms with Crippen molar-refractivity contribution in [3.8, 4) is 5.75 Å². The minimum atomic E-state index is -0.126. The van der Waals surface area contributed by atoms with E-state index in [4.69, 9.17) is 19.2 Å². The zero-order valence-electron chi connectivity index (χ0n) is 8.38. The van der Waals surface area contributed by atoms with Crippen molar-refractivity contribution < 1.29 is 19.2 Å². The van der Waals surface area contributed by atoms with Crippen LogP contribution in [0.3, 0.4) is 0 Å². The molecule has 3 atom stereocenters. The van der Waals surface area contributed by atoms with Gasteiger partial charge in [0.05, 0.1) is 7.11 Å². The molecular weight excluding hydrogens is 196 g/mol. The second kappa shape index (κ2) is 3.48. The van der Waals surface area contributed by atoms with Crippen molar-refractivity contribution in [2.45, 2.75) is 18.3 Å². The van der Waals surface area contributed by atoms with Crippen LogP contribution in [0.25, 0.3) is 0 Å². The average molecular weight is 208 g/mol. The normalized spacial score (nSPS) is 33.3. The summed E-state index contributed by atoms with van der Waals surface area (Å²) in [6.07, 6.45) is 0.222. The SMILES string of the molecule is COc1cccc([C@H]2OOC[C@@H]3O[C@@H]32)c1. The number of hydrogen-bond donors (Lipinski definition) is 0. The minimum absolute atomic E-state index is 0.126. The highest BCUT2D eigenvalue weighted by molar-refractivity contribution is 5.31. The van der Waals surface area contributed by atoms with Crippen molar-refractivity contribution in [1.82, 2.24) is 0 Å². The van der Waals surface area contributed by atoms with Gasteiger partial charge in [0.2, 0.25) is 0 Å². The third-order valence-corrected chi connectivity index (χ3v) is 2.75. The topological polar surface area (TPSA) is 40.2 Å². The molecule has 0 amide bonds. The van der Waals surface area contributed by atoms with Crippen LogP contribution in [0.1, 0.15) is 11.7 Å². The number of epoxide rings is 1. The Morgan fingerprint density at radius 2 is 2.33 bits per heavy atom. The molecule has 1 aromatic carbocycles. The summed E-state index contributed by atoms with van der Waals surface area (Å²) in [6.45, 7) is 0.533. The first kappa shape index (κ1) is 9.15. The lowest BCUT2D eigenvalue weighted by molar-refractivity contribution is -0.339. The monoisotopic (exact) mass is 208 g/mol. The van der Waals surface area contributed by atoms with Gasteiger partial charge in [-0.15, -0.1) is 0 Å². The number of hydrogen-bond acceptors (Lipinski definition) is 4. The van der Waals surface area contributed by atoms with Gasteiger partial charge < -0.3 is 9.47 Å². The fourth-order valence-corrected chi connectivity index (χ4v) is 1.86. The third-order valence-electron chi connectivity index (χ3n) is 2.75. The van der Waals surface area contributed by atoms with Crippen LogP contribution < -0.4 is 4.74 Å². The van der Waals surface area contributed by atoms with Gasteiger partial charge in [0.1, 0.15) is 30.7 Å². The Balaban J connectivity index is 1.85. The van der Waals surface area contributed by atoms with Crippen molar-refractivity contribution in [3.05, 3.63) is 29.8 Å². The molecule has 2 aliphatic rings. The van der Waals surface area contributed by atoms with Crippen LogP contribution in [0, 0.1) is 0 Å². The molecule has 4 nitrogen and oxygen atoms in total. The van der Waals surface area contributed by atoms with Crippen molar-refractivity contribution in [2.24, 2.45) is 0 Å². The molecule has 0 N–H and O–H groups in total. The number of fused-ring (bicyclic) bond motifs is 1. The maximum Gasteiger partial charge on any atom is 0.147 e. The quantitative estimate of drug-likeness (QED) is 0.545. The van der Waals surface area contributed by atoms with Crippen molar-refractivity contribution in [2.75, 3.05) is 13.7 Å². The number of rotatable bonds is 2. The number of methoxy groups -OCH3 is 1. The maximum atomic E-state index is 5.43. The second-order valence-electron chi connectivity index (χ2n) is 3.72. The summed E-state index contributed by atoms with van der Waals surface area (Å²) >= 11 is 0. The van der Waals surface area contributed by atoms with Gasteiger partial charge in [-0.05, 0) is 17.7 Å². The molecule has 2 fully saturated rings. The van der Waals surface area contributed by atoms with Crippen LogP contribution in [0.15, 0.2) is 24.3 Å². The summed E-state index contributed by atoms with van der Waals surface area (Å²) in [5, 5.41) is 0. The van der Waals surface area contributed by atoms with E-state index in [0.29, 0.717) is 6.61 Å². The fourth-order valence-electron chi connectivity index (χ4n) is 1.86. The molecule has 0 spiro atoms. The van der Waals surface area contributed by atoms with E-state index in [1.165, 1.54) is 0 Å². The van der Waals surface area contributed by atoms with Crippen molar-refractivity contribution >= 4 is 0 Å². The van der Waals surface area contributed by atoms with E-state index >= 15 is 0 Å². The highest BCUT2D eigenvalue weighted by Gasteiger charge is 2.50. The molecule has 2 heterocycles. The Morgan fingerprint density at radius 1 is 1.40 bits per heavy atom. The Hall–Kier alpha value is -1.10. The van der Waals surface area contributed by atoms with E-state index in [1.54, 1.807) is 7.11 Å². The highest BCUT2D eigenvalue weighted by Crippen LogP contribution is 2.41. The molecule has 0 saturated carbocycles. The zero-order valence-corrected chi connectivity index (χ0v) is 8.38. The van der Waals surface area contributed by atoms with Crippen LogP contribution in [0.4, 0.5) is 0 Å². The molecule has 0 unspecified atom stereocenters. The molecule has 15 heavy (non-hydrogen) atoms. The second-order valence-corrected chi connectivity index (χ2v) is 3.72. The summed E-state index contributed by atoms with van der Waals surface area (Å²) < 4.78 is 10.6. The van der Waals surface area contributed by atoms with E-state index in [2.05, 4.69) is 0 Å². The van der Waals surface area contributed by atoms with E-state index < -0.39 is 0 Å². The lowest BCUT2D eigenvalue weighted by atomic mass is 10.0. The summed E-state index contributed by atoms with van der Waals surface area (Å²) in [7, 11) is 1.65. The largest absolute Gasteiger partial charge is 0.497 e. The summed E-state index contributed by atoms with van der Waals surface area (Å²) in [5.74, 6) is 0.818. The fraction of sp³-hybridized carbons (Fsp3) is 0.455. The van der Waals surface area contributed by atoms with Gasteiger partial charge >= 0.3 is 0 Å². The molecule has 80 valence electrons. The van der Waals surface area contributed by atoms with Gasteiger partial charge in [0, 0.05) is 0 Å². The highest BCUT2D eigenvalue weighted by atomic mass is 17.2. The first-order valence-corrected chi connectivity index (χ1v) is 4.96. The average Bonchev–Trinajstić information content (AvgIpc) is 3.07. The van der Waals surface area contributed by atoms with Crippen LogP contribution in [-0.2, 0) is 14.5 Å². The maximum absolute atomic E-state index is 5.43. The Kier molecular flexibility index (Phi) is 2.12. The Bertz CT molecular complexity index is 365. The predicted molar refractivity (Wildman–Crippen MR) is 51.4 cm³/mol. The smallest absolute Gasteiger partial charge is 0.147 e. The van der Waals surface area contributed by atoms with E-state index in [-0.39, 0.29) is 18.3 Å². The number of benzene rings is 1. The summed E-state index contributed by atoms with van der Waals surface area (Å²) in [6, 6.07) is 7.76. The van der Waals surface area contributed by atoms with Gasteiger partial charge in [-0.2, -0.15) is 0 Å². The molecule has 4 heteroatoms. The van der Waals surface area contributed by atoms with E-state index in [9.17, 15) is 0 Å². The lowest BCUT2D eigenvalue weighted by Crippen LogP contribution is -2.22. The first-order valence-electron chi connectivity index (χ1n) is 4.96. The molecule has 0 radical (unpaired) electrons. The van der Waals surface area contributed by atoms with Crippen molar-refractivity contribution in [3.63, 3.8) is 0 Å². The minimum Gasteiger partial charge on any atom is -0.497 e. The third kappa shape index (κ3) is 1.61. The molecular formula is C11H12O4. The molecule has 0 aromatic heterocycles. The van der Waals surface area contributed by atoms with Crippen LogP contribution in [0.5, 0.6) is 5.75 Å². The molecule has 2 aliphatic heterocycles. The van der Waals surface area contributed by atoms with Gasteiger partial charge in [-0.3, -0.25) is 0 Å². The molecule has 3 rings (SSSR count). The summed E-state index contributed by atoms with van der Waals surface area (Å²) in [4.78, 5) is 10.2. The number of ether oxygens (including phenoxy) is 2. The molecule has 1 aromatic rings. The van der Waals surface area contributed by atoms with E-state index in [1.807, 2.05) is 24.3 Å². The Labute approximate surface area is 87.6 Å². The van der Waals surface area contributed by atoms with Gasteiger partial charge in [-0.1, -0.05) is 12.1 Å². The van der Waals surface area contributed by atoms with Crippen LogP contribution in [0.2, 0.25) is 0 Å². The molecule has 0 bridgehead atoms. The predicted octanol–water partition coefficient (Wildman–Crippen LogP) is 1.47. The van der Waals surface area contributed by atoms with Crippen LogP contribution >= 0.6 is 0 Å². The zero-order chi connectivity index (χ0) is 10.3. The van der Waals surface area contributed by atoms with Gasteiger partial charge in [0.15, 0.2) is 0 Å². The standard InChI is InChI=1S/C11H12O4/c1-12-8-4-2-3-7(5-8)10-11-9(14-11)6-13-15-10/h2-5,9-11H,6H2,1H3/t9-,10+,11-/m0/s1. The Morgan fingerprint density at radius 3 is 3.20 bits per heavy atom.